The van der Waals surface area contributed by atoms with Gasteiger partial charge in [-0.2, -0.15) is 0 Å². The first kappa shape index (κ1) is 32.6. The molecular weight excluding hydrogens is 634 g/mol. The molecule has 5 atom stereocenters. The van der Waals surface area contributed by atoms with Crippen LogP contribution in [0, 0.1) is 5.82 Å². The van der Waals surface area contributed by atoms with Gasteiger partial charge in [0.25, 0.3) is 5.91 Å². The molecule has 0 saturated carbocycles. The van der Waals surface area contributed by atoms with Crippen molar-refractivity contribution in [2.24, 2.45) is 7.05 Å². The zero-order valence-corrected chi connectivity index (χ0v) is 25.3. The van der Waals surface area contributed by atoms with E-state index in [0.29, 0.717) is 15.7 Å². The van der Waals surface area contributed by atoms with Crippen LogP contribution >= 0.6 is 27.5 Å². The number of carboxylic acid groups (broad SMARTS) is 1. The molecule has 1 saturated heterocycles. The SMILES string of the molecule is Cn1cnc2c(F)c(Nc3ccc(Br)cc3Cl)c(C(=O)NOCCO[C@@H]3O[C@H](C(=O)[O-])[C@@H](O)[C@H](O)[C@H]3O)cc21.[Na+]. The molecule has 0 radical (unpaired) electrons. The standard InChI is InChI=1S/C23H23BrClFN4O9.Na/c1-30-8-27-16-13(30)7-10(15(14(16)26)28-12-3-2-9(24)6-11(12)25)21(34)29-38-5-4-37-23-19(33)17(31)18(32)20(39-23)22(35)36;/h2-3,6-8,17-20,23,28,31-33H,4-5H2,1H3,(H,29,34)(H,35,36);/q;+1/p-1/t17-,18-,19+,20-,23+;/m0./s1. The number of ether oxygens (including phenoxy) is 2. The molecule has 0 bridgehead atoms. The third kappa shape index (κ3) is 6.94. The number of hydroxylamine groups is 1. The van der Waals surface area contributed by atoms with E-state index >= 15 is 4.39 Å². The first-order valence-corrected chi connectivity index (χ1v) is 12.5. The van der Waals surface area contributed by atoms with E-state index in [1.54, 1.807) is 25.2 Å². The number of aliphatic carboxylic acids is 1. The number of anilines is 2. The molecule has 1 aliphatic heterocycles. The second kappa shape index (κ2) is 13.8. The van der Waals surface area contributed by atoms with E-state index < -0.39 is 48.4 Å². The summed E-state index contributed by atoms with van der Waals surface area (Å²) < 4.78 is 27.8. The summed E-state index contributed by atoms with van der Waals surface area (Å²) in [6.45, 7) is -0.677. The number of amides is 1. The van der Waals surface area contributed by atoms with E-state index in [9.17, 15) is 30.0 Å². The smallest absolute Gasteiger partial charge is 0.547 e. The van der Waals surface area contributed by atoms with Gasteiger partial charge < -0.3 is 44.6 Å². The number of carboxylic acids is 1. The zero-order valence-electron chi connectivity index (χ0n) is 21.0. The Morgan fingerprint density at radius 3 is 2.62 bits per heavy atom. The molecule has 210 valence electrons. The number of fused-ring (bicyclic) bond motifs is 1. The van der Waals surface area contributed by atoms with Crippen molar-refractivity contribution in [3.8, 4) is 0 Å². The van der Waals surface area contributed by atoms with Gasteiger partial charge in [-0.05, 0) is 24.3 Å². The van der Waals surface area contributed by atoms with Gasteiger partial charge >= 0.3 is 29.6 Å². The number of nitrogens with zero attached hydrogens (tertiary/aromatic N) is 2. The van der Waals surface area contributed by atoms with Crippen LogP contribution in [0.1, 0.15) is 10.4 Å². The second-order valence-electron chi connectivity index (χ2n) is 8.45. The second-order valence-corrected chi connectivity index (χ2v) is 9.77. The van der Waals surface area contributed by atoms with Crippen molar-refractivity contribution in [1.82, 2.24) is 15.0 Å². The Morgan fingerprint density at radius 1 is 1.23 bits per heavy atom. The molecule has 1 fully saturated rings. The summed E-state index contributed by atoms with van der Waals surface area (Å²) in [6, 6.07) is 6.27. The third-order valence-corrected chi connectivity index (χ3v) is 6.64. The van der Waals surface area contributed by atoms with Crippen molar-refractivity contribution in [1.29, 1.82) is 0 Å². The Bertz CT molecular complexity index is 1400. The number of aliphatic hydroxyl groups excluding tert-OH is 3. The molecule has 2 aromatic carbocycles. The van der Waals surface area contributed by atoms with Crippen molar-refractivity contribution < 1.29 is 78.3 Å². The number of rotatable bonds is 9. The van der Waals surface area contributed by atoms with Gasteiger partial charge in [0.1, 0.15) is 29.9 Å². The van der Waals surface area contributed by atoms with Crippen LogP contribution < -0.4 is 45.5 Å². The van der Waals surface area contributed by atoms with Gasteiger partial charge in [-0.15, -0.1) is 0 Å². The van der Waals surface area contributed by atoms with Crippen LogP contribution in [0.25, 0.3) is 11.0 Å². The fourth-order valence-electron chi connectivity index (χ4n) is 3.81. The maximum atomic E-state index is 15.5. The average molecular weight is 656 g/mol. The van der Waals surface area contributed by atoms with Crippen LogP contribution in [-0.4, -0.2) is 80.7 Å². The molecule has 0 unspecified atom stereocenters. The number of halogens is 3. The summed E-state index contributed by atoms with van der Waals surface area (Å²) in [7, 11) is 1.63. The molecule has 0 aliphatic carbocycles. The van der Waals surface area contributed by atoms with Gasteiger partial charge in [-0.1, -0.05) is 27.5 Å². The number of aromatic nitrogens is 2. The minimum absolute atomic E-state index is 0. The van der Waals surface area contributed by atoms with Gasteiger partial charge in [-0.3, -0.25) is 9.63 Å². The molecule has 4 rings (SSSR count). The number of hydrogen-bond donors (Lipinski definition) is 5. The van der Waals surface area contributed by atoms with Gasteiger partial charge in [0.15, 0.2) is 12.1 Å². The Morgan fingerprint density at radius 2 is 1.95 bits per heavy atom. The van der Waals surface area contributed by atoms with E-state index in [4.69, 9.17) is 25.9 Å². The van der Waals surface area contributed by atoms with E-state index in [-0.39, 0.29) is 64.6 Å². The van der Waals surface area contributed by atoms with E-state index in [2.05, 4.69) is 31.7 Å². The van der Waals surface area contributed by atoms with Gasteiger partial charge in [0, 0.05) is 11.5 Å². The van der Waals surface area contributed by atoms with E-state index in [0.717, 1.165) is 0 Å². The van der Waals surface area contributed by atoms with Gasteiger partial charge in [0.05, 0.1) is 53.0 Å². The van der Waals surface area contributed by atoms with Crippen LogP contribution in [-0.2, 0) is 26.2 Å². The largest absolute Gasteiger partial charge is 1.00 e. The van der Waals surface area contributed by atoms with Crippen molar-refractivity contribution in [2.45, 2.75) is 30.7 Å². The quantitative estimate of drug-likeness (QED) is 0.0905. The Balaban J connectivity index is 0.00000441. The summed E-state index contributed by atoms with van der Waals surface area (Å²) in [6.07, 6.45) is -7.73. The fourth-order valence-corrected chi connectivity index (χ4v) is 4.53. The molecule has 2 heterocycles. The summed E-state index contributed by atoms with van der Waals surface area (Å²) in [5.74, 6) is -3.44. The Hall–Kier alpha value is -1.89. The summed E-state index contributed by atoms with van der Waals surface area (Å²) in [5.41, 5.74) is 2.49. The molecule has 1 amide bonds. The average Bonchev–Trinajstić information content (AvgIpc) is 3.26. The predicted octanol–water partition coefficient (Wildman–Crippen LogP) is -2.89. The molecule has 1 aliphatic rings. The zero-order chi connectivity index (χ0) is 28.4. The molecular formula is C23H22BrClFN4NaO9. The minimum Gasteiger partial charge on any atom is -0.547 e. The Labute approximate surface area is 261 Å². The van der Waals surface area contributed by atoms with E-state index in [1.807, 2.05) is 0 Å². The number of hydrogen-bond acceptors (Lipinski definition) is 11. The molecule has 40 heavy (non-hydrogen) atoms. The first-order valence-electron chi connectivity index (χ1n) is 11.3. The van der Waals surface area contributed by atoms with Gasteiger partial charge in [0.2, 0.25) is 0 Å². The summed E-state index contributed by atoms with van der Waals surface area (Å²) in [4.78, 5) is 33.2. The monoisotopic (exact) mass is 654 g/mol. The fraction of sp³-hybridized carbons (Fsp3) is 0.348. The number of carbonyl (C=O) groups excluding carboxylic acids is 2. The minimum atomic E-state index is -1.93. The normalized spacial score (nSPS) is 22.5. The predicted molar refractivity (Wildman–Crippen MR) is 134 cm³/mol. The number of benzene rings is 2. The van der Waals surface area contributed by atoms with Crippen molar-refractivity contribution in [3.63, 3.8) is 0 Å². The molecule has 3 aromatic rings. The number of aryl methyl sites for hydroxylation is 1. The maximum absolute atomic E-state index is 15.5. The van der Waals surface area contributed by atoms with Crippen molar-refractivity contribution in [3.05, 3.63) is 51.5 Å². The number of carbonyl (C=O) groups is 2. The maximum Gasteiger partial charge on any atom is 1.00 e. The van der Waals surface area contributed by atoms with Crippen LogP contribution in [0.2, 0.25) is 5.02 Å². The molecule has 13 nitrogen and oxygen atoms in total. The first-order chi connectivity index (χ1) is 18.5. The van der Waals surface area contributed by atoms with Gasteiger partial charge in [-0.25, -0.2) is 14.9 Å². The van der Waals surface area contributed by atoms with Crippen LogP contribution in [0.4, 0.5) is 15.8 Å². The van der Waals surface area contributed by atoms with Crippen molar-refractivity contribution >= 4 is 61.8 Å². The van der Waals surface area contributed by atoms with Crippen LogP contribution in [0.15, 0.2) is 35.1 Å². The number of nitrogens with one attached hydrogen (secondary N) is 2. The molecule has 5 N–H and O–H groups in total. The summed E-state index contributed by atoms with van der Waals surface area (Å²) in [5, 5.41) is 43.6. The van der Waals surface area contributed by atoms with Crippen LogP contribution in [0.5, 0.6) is 0 Å². The van der Waals surface area contributed by atoms with E-state index in [1.165, 1.54) is 17.0 Å². The Kier molecular flexibility index (Phi) is 11.3. The molecule has 17 heteroatoms. The van der Waals surface area contributed by atoms with Crippen LogP contribution in [0.3, 0.4) is 0 Å². The summed E-state index contributed by atoms with van der Waals surface area (Å²) >= 11 is 9.54. The topological polar surface area (TPSA) is 187 Å². The number of imidazole rings is 1. The van der Waals surface area contributed by atoms with Crippen molar-refractivity contribution in [2.75, 3.05) is 18.5 Å². The molecule has 0 spiro atoms. The number of aliphatic hydroxyl groups is 3. The third-order valence-electron chi connectivity index (χ3n) is 5.83. The molecule has 1 aromatic heterocycles.